The Morgan fingerprint density at radius 2 is 1.85 bits per heavy atom. The summed E-state index contributed by atoms with van der Waals surface area (Å²) >= 11 is 0. The number of aromatic nitrogens is 2. The second-order valence-electron chi connectivity index (χ2n) is 5.47. The molecule has 2 aromatic heterocycles. The lowest BCUT2D eigenvalue weighted by Gasteiger charge is -2.12. The van der Waals surface area contributed by atoms with E-state index in [0.717, 1.165) is 16.8 Å². The molecule has 0 fully saturated rings. The number of carbonyl (C=O) groups excluding carboxylic acids is 1. The standard InChI is InChI=1S/C20H19N3O3/c1-25-17-8-2-3-9-18(17)26-14-19(24)23-13-16-7-5-11-22-20(16)15-6-4-10-21-12-15/h2-12H,13-14H2,1H3,(H,23,24). The number of rotatable bonds is 7. The molecule has 1 N–H and O–H groups in total. The van der Waals surface area contributed by atoms with Crippen molar-refractivity contribution >= 4 is 5.91 Å². The maximum atomic E-state index is 12.1. The van der Waals surface area contributed by atoms with E-state index in [2.05, 4.69) is 15.3 Å². The summed E-state index contributed by atoms with van der Waals surface area (Å²) in [4.78, 5) is 20.6. The SMILES string of the molecule is COc1ccccc1OCC(=O)NCc1cccnc1-c1cccnc1. The van der Waals surface area contributed by atoms with Gasteiger partial charge < -0.3 is 14.8 Å². The molecule has 3 aromatic rings. The Hall–Kier alpha value is -3.41. The number of amides is 1. The molecule has 0 unspecified atom stereocenters. The highest BCUT2D eigenvalue weighted by Crippen LogP contribution is 2.25. The largest absolute Gasteiger partial charge is 0.493 e. The van der Waals surface area contributed by atoms with Crippen molar-refractivity contribution in [2.75, 3.05) is 13.7 Å². The van der Waals surface area contributed by atoms with Crippen LogP contribution < -0.4 is 14.8 Å². The Kier molecular flexibility index (Phi) is 5.77. The molecule has 0 aliphatic rings. The van der Waals surface area contributed by atoms with Crippen molar-refractivity contribution in [1.82, 2.24) is 15.3 Å². The van der Waals surface area contributed by atoms with Crippen LogP contribution in [0.2, 0.25) is 0 Å². The average Bonchev–Trinajstić information content (AvgIpc) is 2.71. The van der Waals surface area contributed by atoms with Crippen LogP contribution in [0.15, 0.2) is 67.1 Å². The fraction of sp³-hybridized carbons (Fsp3) is 0.150. The van der Waals surface area contributed by atoms with Gasteiger partial charge in [0.05, 0.1) is 12.8 Å². The number of pyridine rings is 2. The molecule has 6 nitrogen and oxygen atoms in total. The highest BCUT2D eigenvalue weighted by atomic mass is 16.5. The van der Waals surface area contributed by atoms with E-state index in [1.54, 1.807) is 37.8 Å². The molecule has 3 rings (SSSR count). The topological polar surface area (TPSA) is 73.3 Å². The Labute approximate surface area is 151 Å². The fourth-order valence-electron chi connectivity index (χ4n) is 2.47. The quantitative estimate of drug-likeness (QED) is 0.710. The summed E-state index contributed by atoms with van der Waals surface area (Å²) in [6.07, 6.45) is 5.18. The third kappa shape index (κ3) is 4.36. The van der Waals surface area contributed by atoms with Gasteiger partial charge in [0.1, 0.15) is 0 Å². The van der Waals surface area contributed by atoms with Gasteiger partial charge in [-0.15, -0.1) is 0 Å². The molecule has 0 aliphatic heterocycles. The van der Waals surface area contributed by atoms with Crippen LogP contribution in [0.25, 0.3) is 11.3 Å². The van der Waals surface area contributed by atoms with Crippen LogP contribution in [-0.2, 0) is 11.3 Å². The van der Waals surface area contributed by atoms with Crippen molar-refractivity contribution in [3.05, 3.63) is 72.7 Å². The number of carbonyl (C=O) groups is 1. The van der Waals surface area contributed by atoms with Crippen molar-refractivity contribution in [2.24, 2.45) is 0 Å². The Balaban J connectivity index is 1.60. The summed E-state index contributed by atoms with van der Waals surface area (Å²) < 4.78 is 10.7. The van der Waals surface area contributed by atoms with Crippen LogP contribution in [0, 0.1) is 0 Å². The number of methoxy groups -OCH3 is 1. The predicted molar refractivity (Wildman–Crippen MR) is 97.8 cm³/mol. The van der Waals surface area contributed by atoms with Gasteiger partial charge in [-0.3, -0.25) is 14.8 Å². The summed E-state index contributed by atoms with van der Waals surface area (Å²) in [5.41, 5.74) is 2.61. The van der Waals surface area contributed by atoms with Crippen LogP contribution in [-0.4, -0.2) is 29.6 Å². The number of para-hydroxylation sites is 2. The van der Waals surface area contributed by atoms with Gasteiger partial charge in [0.2, 0.25) is 0 Å². The molecule has 26 heavy (non-hydrogen) atoms. The van der Waals surface area contributed by atoms with E-state index in [1.807, 2.05) is 36.4 Å². The zero-order valence-electron chi connectivity index (χ0n) is 14.4. The van der Waals surface area contributed by atoms with Crippen LogP contribution >= 0.6 is 0 Å². The molecule has 1 amide bonds. The van der Waals surface area contributed by atoms with E-state index >= 15 is 0 Å². The zero-order chi connectivity index (χ0) is 18.2. The van der Waals surface area contributed by atoms with Gasteiger partial charge in [0.25, 0.3) is 5.91 Å². The molecule has 132 valence electrons. The third-order valence-electron chi connectivity index (χ3n) is 3.73. The first-order valence-corrected chi connectivity index (χ1v) is 8.14. The van der Waals surface area contributed by atoms with Crippen molar-refractivity contribution in [1.29, 1.82) is 0 Å². The monoisotopic (exact) mass is 349 g/mol. The van der Waals surface area contributed by atoms with Crippen molar-refractivity contribution < 1.29 is 14.3 Å². The molecule has 0 aliphatic carbocycles. The molecule has 0 atom stereocenters. The lowest BCUT2D eigenvalue weighted by Crippen LogP contribution is -2.28. The lowest BCUT2D eigenvalue weighted by atomic mass is 10.1. The van der Waals surface area contributed by atoms with E-state index in [1.165, 1.54) is 0 Å². The van der Waals surface area contributed by atoms with E-state index < -0.39 is 0 Å². The number of hydrogen-bond acceptors (Lipinski definition) is 5. The van der Waals surface area contributed by atoms with Crippen molar-refractivity contribution in [3.63, 3.8) is 0 Å². The molecular weight excluding hydrogens is 330 g/mol. The molecule has 6 heteroatoms. The normalized spacial score (nSPS) is 10.2. The number of hydrogen-bond donors (Lipinski definition) is 1. The van der Waals surface area contributed by atoms with Crippen LogP contribution in [0.4, 0.5) is 0 Å². The van der Waals surface area contributed by atoms with E-state index in [4.69, 9.17) is 9.47 Å². The zero-order valence-corrected chi connectivity index (χ0v) is 14.4. The fourth-order valence-corrected chi connectivity index (χ4v) is 2.47. The molecular formula is C20H19N3O3. The van der Waals surface area contributed by atoms with Gasteiger partial charge in [-0.1, -0.05) is 18.2 Å². The smallest absolute Gasteiger partial charge is 0.258 e. The molecule has 0 saturated heterocycles. The lowest BCUT2D eigenvalue weighted by molar-refractivity contribution is -0.123. The van der Waals surface area contributed by atoms with Crippen LogP contribution in [0.5, 0.6) is 11.5 Å². The van der Waals surface area contributed by atoms with Crippen LogP contribution in [0.3, 0.4) is 0 Å². The highest BCUT2D eigenvalue weighted by molar-refractivity contribution is 5.78. The summed E-state index contributed by atoms with van der Waals surface area (Å²) in [5, 5.41) is 2.85. The van der Waals surface area contributed by atoms with E-state index in [0.29, 0.717) is 18.0 Å². The number of nitrogens with one attached hydrogen (secondary N) is 1. The summed E-state index contributed by atoms with van der Waals surface area (Å²) in [5.74, 6) is 0.894. The van der Waals surface area contributed by atoms with Crippen LogP contribution in [0.1, 0.15) is 5.56 Å². The minimum Gasteiger partial charge on any atom is -0.493 e. The average molecular weight is 349 g/mol. The minimum atomic E-state index is -0.225. The highest BCUT2D eigenvalue weighted by Gasteiger charge is 2.10. The second-order valence-corrected chi connectivity index (χ2v) is 5.47. The molecule has 1 aromatic carbocycles. The molecule has 0 radical (unpaired) electrons. The van der Waals surface area contributed by atoms with Gasteiger partial charge in [0.15, 0.2) is 18.1 Å². The first-order chi connectivity index (χ1) is 12.8. The number of nitrogens with zero attached hydrogens (tertiary/aromatic N) is 2. The second kappa shape index (κ2) is 8.62. The Morgan fingerprint density at radius 1 is 1.04 bits per heavy atom. The maximum absolute atomic E-state index is 12.1. The first kappa shape index (κ1) is 17.4. The first-order valence-electron chi connectivity index (χ1n) is 8.14. The molecule has 0 saturated carbocycles. The van der Waals surface area contributed by atoms with Gasteiger partial charge in [-0.25, -0.2) is 0 Å². The minimum absolute atomic E-state index is 0.0944. The van der Waals surface area contributed by atoms with E-state index in [9.17, 15) is 4.79 Å². The number of benzene rings is 1. The molecule has 2 heterocycles. The van der Waals surface area contributed by atoms with Gasteiger partial charge >= 0.3 is 0 Å². The van der Waals surface area contributed by atoms with E-state index in [-0.39, 0.29) is 12.5 Å². The summed E-state index contributed by atoms with van der Waals surface area (Å²) in [7, 11) is 1.56. The molecule has 0 bridgehead atoms. The molecule has 0 spiro atoms. The maximum Gasteiger partial charge on any atom is 0.258 e. The predicted octanol–water partition coefficient (Wildman–Crippen LogP) is 2.85. The summed E-state index contributed by atoms with van der Waals surface area (Å²) in [6.45, 7) is 0.259. The number of ether oxygens (including phenoxy) is 2. The Morgan fingerprint density at radius 3 is 2.62 bits per heavy atom. The van der Waals surface area contributed by atoms with Gasteiger partial charge in [-0.05, 0) is 35.9 Å². The van der Waals surface area contributed by atoms with Gasteiger partial charge in [0, 0.05) is 30.7 Å². The Bertz CT molecular complexity index is 869. The van der Waals surface area contributed by atoms with Gasteiger partial charge in [-0.2, -0.15) is 0 Å². The van der Waals surface area contributed by atoms with Crippen molar-refractivity contribution in [2.45, 2.75) is 6.54 Å². The summed E-state index contributed by atoms with van der Waals surface area (Å²) in [6, 6.07) is 14.8. The van der Waals surface area contributed by atoms with Crippen molar-refractivity contribution in [3.8, 4) is 22.8 Å². The third-order valence-corrected chi connectivity index (χ3v) is 3.73.